The van der Waals surface area contributed by atoms with E-state index in [0.29, 0.717) is 6.04 Å². The van der Waals surface area contributed by atoms with Crippen LogP contribution in [0.1, 0.15) is 35.9 Å². The van der Waals surface area contributed by atoms with Crippen LogP contribution < -0.4 is 10.2 Å². The van der Waals surface area contributed by atoms with Crippen molar-refractivity contribution in [3.8, 4) is 0 Å². The Labute approximate surface area is 172 Å². The van der Waals surface area contributed by atoms with Crippen LogP contribution >= 0.6 is 11.3 Å². The van der Waals surface area contributed by atoms with Crippen LogP contribution in [0.3, 0.4) is 0 Å². The summed E-state index contributed by atoms with van der Waals surface area (Å²) in [6, 6.07) is 7.05. The SMILES string of the molecule is CCNC1CCN(CN(C)c2cc(C)ccc2/C(=C\C=O)c2nccs2)CC1. The van der Waals surface area contributed by atoms with Crippen LogP contribution in [0.25, 0.3) is 5.57 Å². The third-order valence-corrected chi connectivity index (χ3v) is 6.05. The number of nitrogens with one attached hydrogen (secondary N) is 1. The first-order valence-electron chi connectivity index (χ1n) is 9.95. The van der Waals surface area contributed by atoms with Gasteiger partial charge in [0.05, 0.1) is 6.67 Å². The maximum atomic E-state index is 11.3. The number of nitrogens with zero attached hydrogens (tertiary/aromatic N) is 3. The third-order valence-electron chi connectivity index (χ3n) is 5.24. The zero-order valence-corrected chi connectivity index (χ0v) is 17.8. The fourth-order valence-electron chi connectivity index (χ4n) is 3.83. The Kier molecular flexibility index (Phi) is 7.36. The number of likely N-dealkylation sites (tertiary alicyclic amines) is 1. The van der Waals surface area contributed by atoms with Gasteiger partial charge in [-0.25, -0.2) is 4.98 Å². The average Bonchev–Trinajstić information content (AvgIpc) is 3.22. The molecule has 1 N–H and O–H groups in total. The molecule has 1 aromatic heterocycles. The summed E-state index contributed by atoms with van der Waals surface area (Å²) in [6.45, 7) is 8.41. The van der Waals surface area contributed by atoms with Gasteiger partial charge >= 0.3 is 0 Å². The van der Waals surface area contributed by atoms with Gasteiger partial charge < -0.3 is 10.2 Å². The molecular weight excluding hydrogens is 368 g/mol. The molecule has 1 aliphatic heterocycles. The first-order chi connectivity index (χ1) is 13.6. The average molecular weight is 399 g/mol. The largest absolute Gasteiger partial charge is 0.361 e. The normalized spacial score (nSPS) is 16.3. The lowest BCUT2D eigenvalue weighted by molar-refractivity contribution is -0.104. The summed E-state index contributed by atoms with van der Waals surface area (Å²) in [4.78, 5) is 20.5. The molecule has 0 spiro atoms. The van der Waals surface area contributed by atoms with E-state index in [1.165, 1.54) is 18.4 Å². The molecule has 1 aromatic carbocycles. The molecule has 28 heavy (non-hydrogen) atoms. The fraction of sp³-hybridized carbons (Fsp3) is 0.455. The predicted molar refractivity (Wildman–Crippen MR) is 118 cm³/mol. The molecule has 0 aliphatic carbocycles. The summed E-state index contributed by atoms with van der Waals surface area (Å²) in [6.07, 6.45) is 6.65. The summed E-state index contributed by atoms with van der Waals surface area (Å²) < 4.78 is 0. The number of rotatable bonds is 8. The van der Waals surface area contributed by atoms with Gasteiger partial charge in [-0.1, -0.05) is 19.1 Å². The van der Waals surface area contributed by atoms with Crippen molar-refractivity contribution in [3.05, 3.63) is 52.0 Å². The predicted octanol–water partition coefficient (Wildman–Crippen LogP) is 3.55. The topological polar surface area (TPSA) is 48.5 Å². The number of aryl methyl sites for hydroxylation is 1. The Morgan fingerprint density at radius 1 is 1.39 bits per heavy atom. The summed E-state index contributed by atoms with van der Waals surface area (Å²) in [5.41, 5.74) is 4.29. The van der Waals surface area contributed by atoms with Crippen LogP contribution in [-0.2, 0) is 4.79 Å². The number of aromatic nitrogens is 1. The number of allylic oxidation sites excluding steroid dienone is 1. The molecule has 0 radical (unpaired) electrons. The number of anilines is 1. The number of benzene rings is 1. The molecule has 5 nitrogen and oxygen atoms in total. The second kappa shape index (κ2) is 9.96. The number of carbonyl (C=O) groups is 1. The summed E-state index contributed by atoms with van der Waals surface area (Å²) in [5.74, 6) is 0. The lowest BCUT2D eigenvalue weighted by Gasteiger charge is -2.36. The number of hydrogen-bond acceptors (Lipinski definition) is 6. The van der Waals surface area contributed by atoms with Gasteiger partial charge in [0.1, 0.15) is 11.3 Å². The minimum absolute atomic E-state index is 0.646. The van der Waals surface area contributed by atoms with Gasteiger partial charge in [0.25, 0.3) is 0 Å². The number of carbonyl (C=O) groups excluding carboxylic acids is 1. The monoisotopic (exact) mass is 398 g/mol. The molecule has 0 unspecified atom stereocenters. The van der Waals surface area contributed by atoms with Crippen molar-refractivity contribution in [1.29, 1.82) is 0 Å². The molecule has 1 aliphatic rings. The Morgan fingerprint density at radius 2 is 2.18 bits per heavy atom. The zero-order valence-electron chi connectivity index (χ0n) is 17.0. The van der Waals surface area contributed by atoms with E-state index in [0.717, 1.165) is 54.4 Å². The van der Waals surface area contributed by atoms with E-state index in [4.69, 9.17) is 0 Å². The smallest absolute Gasteiger partial charge is 0.143 e. The minimum Gasteiger partial charge on any atom is -0.361 e. The van der Waals surface area contributed by atoms with Gasteiger partial charge in [-0.2, -0.15) is 0 Å². The van der Waals surface area contributed by atoms with Crippen LogP contribution in [0.15, 0.2) is 35.9 Å². The molecule has 0 amide bonds. The van der Waals surface area contributed by atoms with Gasteiger partial charge in [-0.15, -0.1) is 11.3 Å². The summed E-state index contributed by atoms with van der Waals surface area (Å²) >= 11 is 1.56. The molecule has 1 fully saturated rings. The fourth-order valence-corrected chi connectivity index (χ4v) is 4.51. The summed E-state index contributed by atoms with van der Waals surface area (Å²) in [5, 5.41) is 6.38. The van der Waals surface area contributed by atoms with Gasteiger partial charge in [-0.3, -0.25) is 9.69 Å². The van der Waals surface area contributed by atoms with Crippen LogP contribution in [0.5, 0.6) is 0 Å². The molecule has 2 heterocycles. The lowest BCUT2D eigenvalue weighted by Crippen LogP contribution is -2.46. The van der Waals surface area contributed by atoms with Crippen molar-refractivity contribution < 1.29 is 4.79 Å². The van der Waals surface area contributed by atoms with E-state index in [1.54, 1.807) is 23.6 Å². The van der Waals surface area contributed by atoms with Crippen LogP contribution in [0.2, 0.25) is 0 Å². The molecule has 150 valence electrons. The van der Waals surface area contributed by atoms with E-state index >= 15 is 0 Å². The maximum absolute atomic E-state index is 11.3. The number of aldehydes is 1. The molecule has 3 rings (SSSR count). The molecule has 0 bridgehead atoms. The van der Waals surface area contributed by atoms with Gasteiger partial charge in [0.2, 0.25) is 0 Å². The minimum atomic E-state index is 0.646. The van der Waals surface area contributed by atoms with E-state index in [1.807, 2.05) is 5.38 Å². The molecule has 1 saturated heterocycles. The Balaban J connectivity index is 1.80. The Bertz CT molecular complexity index is 795. The van der Waals surface area contributed by atoms with Gasteiger partial charge in [0.15, 0.2) is 0 Å². The van der Waals surface area contributed by atoms with Crippen LogP contribution in [-0.4, -0.2) is 55.6 Å². The van der Waals surface area contributed by atoms with Gasteiger partial charge in [-0.05, 0) is 44.0 Å². The van der Waals surface area contributed by atoms with Crippen molar-refractivity contribution in [1.82, 2.24) is 15.2 Å². The highest BCUT2D eigenvalue weighted by molar-refractivity contribution is 7.10. The molecule has 0 atom stereocenters. The first kappa shape index (κ1) is 20.7. The van der Waals surface area contributed by atoms with Crippen molar-refractivity contribution in [2.45, 2.75) is 32.7 Å². The first-order valence-corrected chi connectivity index (χ1v) is 10.8. The molecule has 6 heteroatoms. The van der Waals surface area contributed by atoms with Gasteiger partial charge in [0, 0.05) is 54.6 Å². The number of piperidine rings is 1. The number of hydrogen-bond donors (Lipinski definition) is 1. The Morgan fingerprint density at radius 3 is 2.82 bits per heavy atom. The Hall–Kier alpha value is -2.02. The second-order valence-electron chi connectivity index (χ2n) is 7.36. The van der Waals surface area contributed by atoms with E-state index < -0.39 is 0 Å². The van der Waals surface area contributed by atoms with E-state index in [-0.39, 0.29) is 0 Å². The highest BCUT2D eigenvalue weighted by Crippen LogP contribution is 2.33. The highest BCUT2D eigenvalue weighted by atomic mass is 32.1. The zero-order chi connectivity index (χ0) is 19.9. The van der Waals surface area contributed by atoms with Crippen molar-refractivity contribution in [2.24, 2.45) is 0 Å². The highest BCUT2D eigenvalue weighted by Gasteiger charge is 2.21. The van der Waals surface area contributed by atoms with E-state index in [2.05, 4.69) is 59.2 Å². The molecular formula is C22H30N4OS. The van der Waals surface area contributed by atoms with Crippen molar-refractivity contribution in [3.63, 3.8) is 0 Å². The standard InChI is InChI=1S/C22H30N4OS/c1-4-23-18-7-11-26(12-8-18)16-25(3)21-15-17(2)5-6-19(21)20(9-13-27)22-24-10-14-28-22/h5-6,9-10,13-15,18,23H,4,7-8,11-12,16H2,1-3H3/b20-9+. The third kappa shape index (κ3) is 5.07. The molecule has 2 aromatic rings. The van der Waals surface area contributed by atoms with Crippen molar-refractivity contribution in [2.75, 3.05) is 38.3 Å². The lowest BCUT2D eigenvalue weighted by atomic mass is 10.0. The maximum Gasteiger partial charge on any atom is 0.143 e. The summed E-state index contributed by atoms with van der Waals surface area (Å²) in [7, 11) is 2.13. The second-order valence-corrected chi connectivity index (χ2v) is 8.26. The quantitative estimate of drug-likeness (QED) is 0.544. The molecule has 0 saturated carbocycles. The van der Waals surface area contributed by atoms with Crippen molar-refractivity contribution >= 4 is 28.9 Å². The van der Waals surface area contributed by atoms with E-state index in [9.17, 15) is 4.79 Å². The van der Waals surface area contributed by atoms with Crippen LogP contribution in [0.4, 0.5) is 5.69 Å². The van der Waals surface area contributed by atoms with Crippen LogP contribution in [0, 0.1) is 6.92 Å². The number of thiazole rings is 1.